The molecule has 8 bridgehead atoms. The topological polar surface area (TPSA) is 68.0 Å². The fourth-order valence-corrected chi connectivity index (χ4v) is 7.28. The summed E-state index contributed by atoms with van der Waals surface area (Å²) >= 11 is 0. The van der Waals surface area contributed by atoms with Crippen LogP contribution in [-0.2, 0) is 12.8 Å². The van der Waals surface area contributed by atoms with E-state index in [2.05, 4.69) is 84.7 Å². The number of H-pyrrole nitrogens is 1. The molecule has 216 valence electrons. The Bertz CT molecular complexity index is 1660. The van der Waals surface area contributed by atoms with E-state index in [1.54, 1.807) is 0 Å². The number of hydrogen-bond acceptors (Lipinski definition) is 3. The summed E-state index contributed by atoms with van der Waals surface area (Å²) in [7, 11) is 0. The van der Waals surface area contributed by atoms with E-state index in [1.165, 1.54) is 39.0 Å². The van der Waals surface area contributed by atoms with Gasteiger partial charge in [0.05, 0.1) is 22.8 Å². The summed E-state index contributed by atoms with van der Waals surface area (Å²) in [6, 6.07) is 0. The predicted molar refractivity (Wildman–Crippen MR) is 173 cm³/mol. The summed E-state index contributed by atoms with van der Waals surface area (Å²) in [4.78, 5) is 14.2. The summed E-state index contributed by atoms with van der Waals surface area (Å²) in [5.74, 6) is 0. The van der Waals surface area contributed by atoms with Crippen molar-refractivity contribution in [2.45, 2.75) is 107 Å². The van der Waals surface area contributed by atoms with Gasteiger partial charge in [-0.15, -0.1) is 0 Å². The highest BCUT2D eigenvalue weighted by Crippen LogP contribution is 2.36. The van der Waals surface area contributed by atoms with Crippen LogP contribution < -0.4 is 15.8 Å². The lowest BCUT2D eigenvalue weighted by Crippen LogP contribution is -3.02. The average molecular weight is 551 g/mol. The number of aliphatic imine (C=N–C) groups is 2. The van der Waals surface area contributed by atoms with Gasteiger partial charge in [0.15, 0.2) is 0 Å². The van der Waals surface area contributed by atoms with E-state index in [0.29, 0.717) is 0 Å². The highest BCUT2D eigenvalue weighted by Gasteiger charge is 2.31. The van der Waals surface area contributed by atoms with Gasteiger partial charge in [0.2, 0.25) is 0 Å². The van der Waals surface area contributed by atoms with Crippen LogP contribution in [0.4, 0.5) is 0 Å². The molecule has 2 N–H and O–H groups in total. The molecule has 0 fully saturated rings. The lowest BCUT2D eigenvalue weighted by Gasteiger charge is -2.20. The quantitative estimate of drug-likeness (QED) is 0.364. The molecular weight excluding hydrogens is 504 g/mol. The van der Waals surface area contributed by atoms with Gasteiger partial charge in [-0.2, -0.15) is 0 Å². The Kier molecular flexibility index (Phi) is 8.49. The van der Waals surface area contributed by atoms with Gasteiger partial charge in [-0.1, -0.05) is 55.4 Å². The van der Waals surface area contributed by atoms with Crippen molar-refractivity contribution < 1.29 is 5.06 Å². The van der Waals surface area contributed by atoms with Crippen molar-refractivity contribution in [1.82, 2.24) is 4.98 Å². The fraction of sp³-hybridized carbons (Fsp3) is 0.444. The molecule has 0 saturated carbocycles. The van der Waals surface area contributed by atoms with Gasteiger partial charge in [0.1, 0.15) is 11.4 Å². The zero-order chi connectivity index (χ0) is 29.4. The number of fused-ring (bicyclic) bond motifs is 6. The molecule has 0 aliphatic carbocycles. The van der Waals surface area contributed by atoms with Crippen LogP contribution in [0.1, 0.15) is 105 Å². The number of hydroxylamine groups is 2. The summed E-state index contributed by atoms with van der Waals surface area (Å²) in [5, 5.41) is 16.5. The van der Waals surface area contributed by atoms with Crippen molar-refractivity contribution in [1.29, 1.82) is 0 Å². The van der Waals surface area contributed by atoms with E-state index >= 15 is 0 Å². The lowest BCUT2D eigenvalue weighted by molar-refractivity contribution is -0.750. The largest absolute Gasteiger partial charge is 0.623 e. The van der Waals surface area contributed by atoms with Crippen molar-refractivity contribution in [3.63, 3.8) is 0 Å². The molecule has 5 nitrogen and oxygen atoms in total. The molecule has 5 rings (SSSR count). The Morgan fingerprint density at radius 1 is 0.512 bits per heavy atom. The fourth-order valence-electron chi connectivity index (χ4n) is 7.28. The zero-order valence-corrected chi connectivity index (χ0v) is 26.3. The van der Waals surface area contributed by atoms with Crippen molar-refractivity contribution in [2.75, 3.05) is 0 Å². The third kappa shape index (κ3) is 4.73. The van der Waals surface area contributed by atoms with Crippen LogP contribution in [0.25, 0.3) is 12.2 Å². The Hall–Kier alpha value is -3.28. The van der Waals surface area contributed by atoms with Crippen molar-refractivity contribution in [2.24, 2.45) is 9.98 Å². The summed E-state index contributed by atoms with van der Waals surface area (Å²) < 4.78 is 0. The van der Waals surface area contributed by atoms with E-state index in [-0.39, 0.29) is 5.06 Å². The molecule has 0 amide bonds. The summed E-state index contributed by atoms with van der Waals surface area (Å²) in [6.07, 6.45) is 15.8. The van der Waals surface area contributed by atoms with Crippen LogP contribution in [0.2, 0.25) is 0 Å². The minimum absolute atomic E-state index is 0.127. The molecule has 1 aromatic rings. The summed E-state index contributed by atoms with van der Waals surface area (Å²) in [6.45, 7) is 17.6. The maximum atomic E-state index is 14.2. The Morgan fingerprint density at radius 2 is 0.927 bits per heavy atom. The molecular formula is C36H46N4O. The molecule has 4 aliphatic heterocycles. The average Bonchev–Trinajstić information content (AvgIpc) is 3.67. The normalized spacial score (nSPS) is 20.5. The number of nitrogens with one attached hydrogen (secondary N) is 2. The van der Waals surface area contributed by atoms with E-state index in [4.69, 9.17) is 9.98 Å². The smallest absolute Gasteiger partial charge is 0.142 e. The summed E-state index contributed by atoms with van der Waals surface area (Å²) in [5.41, 5.74) is 15.7. The van der Waals surface area contributed by atoms with Crippen LogP contribution in [0.3, 0.4) is 0 Å². The Labute approximate surface area is 245 Å². The number of hydrogen-bond donors (Lipinski definition) is 2. The molecule has 5 heterocycles. The number of aromatic amines is 1. The van der Waals surface area contributed by atoms with Gasteiger partial charge in [-0.3, -0.25) is 0 Å². The predicted octanol–water partition coefficient (Wildman–Crippen LogP) is 6.35. The van der Waals surface area contributed by atoms with E-state index in [9.17, 15) is 5.21 Å². The number of aromatic nitrogens is 1. The molecule has 41 heavy (non-hydrogen) atoms. The number of quaternary nitrogens is 1. The first-order valence-electron chi connectivity index (χ1n) is 15.9. The second-order valence-electron chi connectivity index (χ2n) is 11.1. The van der Waals surface area contributed by atoms with Crippen LogP contribution in [-0.4, -0.2) is 16.4 Å². The molecule has 4 aliphatic rings. The van der Waals surface area contributed by atoms with Crippen LogP contribution in [0.5, 0.6) is 0 Å². The van der Waals surface area contributed by atoms with Gasteiger partial charge in [-0.25, -0.2) is 9.98 Å². The minimum atomic E-state index is 0.127. The second kappa shape index (κ2) is 11.9. The van der Waals surface area contributed by atoms with Gasteiger partial charge >= 0.3 is 0 Å². The van der Waals surface area contributed by atoms with Crippen molar-refractivity contribution in [3.8, 4) is 0 Å². The minimum Gasteiger partial charge on any atom is -0.623 e. The lowest BCUT2D eigenvalue weighted by atomic mass is 9.95. The Balaban J connectivity index is 1.92. The van der Waals surface area contributed by atoms with Crippen LogP contribution in [0.15, 0.2) is 78.4 Å². The van der Waals surface area contributed by atoms with Crippen LogP contribution >= 0.6 is 0 Å². The van der Waals surface area contributed by atoms with Crippen LogP contribution in [0, 0.1) is 5.21 Å². The second-order valence-corrected chi connectivity index (χ2v) is 11.1. The molecule has 1 unspecified atom stereocenters. The highest BCUT2D eigenvalue weighted by atomic mass is 16.5. The van der Waals surface area contributed by atoms with E-state index < -0.39 is 0 Å². The molecule has 0 aromatic carbocycles. The Morgan fingerprint density at radius 3 is 1.39 bits per heavy atom. The van der Waals surface area contributed by atoms with Gasteiger partial charge in [-0.05, 0) is 96.9 Å². The number of allylic oxidation sites excluding steroid dienone is 9. The van der Waals surface area contributed by atoms with Gasteiger partial charge < -0.3 is 15.3 Å². The molecule has 1 aromatic heterocycles. The van der Waals surface area contributed by atoms with E-state index in [1.807, 2.05) is 0 Å². The standard InChI is InChI=1S/C36H46N4O/c1-9-21-22(10-2)30-18-32-24(12-4)26(14-6)34(39-32)20-36-28(16-8)27(15-7)35(40(36)41)19-33-25(13-5)23(11-3)31(38-33)17-29(21)37-30/h17-20,38,40H,9-16H2,1-8H3. The third-order valence-corrected chi connectivity index (χ3v) is 9.19. The highest BCUT2D eigenvalue weighted by molar-refractivity contribution is 6.24. The SMILES string of the molecule is CCC1=C(CC)C2=NC1=CC1=C(CC)C(CC)=C(C=c3[nH]c(c(CC)c3CC)=CC3=NC(=C2)C(CC)=C3CC)[NH+]1[O-]. The maximum absolute atomic E-state index is 14.2. The molecule has 0 radical (unpaired) electrons. The maximum Gasteiger partial charge on any atom is 0.142 e. The zero-order valence-electron chi connectivity index (χ0n) is 26.3. The monoisotopic (exact) mass is 550 g/mol. The first-order chi connectivity index (χ1) is 19.9. The van der Waals surface area contributed by atoms with Crippen molar-refractivity contribution in [3.05, 3.63) is 95.4 Å². The molecule has 0 spiro atoms. The number of rotatable bonds is 8. The first-order valence-corrected chi connectivity index (χ1v) is 15.9. The molecule has 5 heteroatoms. The third-order valence-electron chi connectivity index (χ3n) is 9.19. The van der Waals surface area contributed by atoms with Gasteiger partial charge in [0.25, 0.3) is 0 Å². The van der Waals surface area contributed by atoms with Crippen molar-refractivity contribution >= 4 is 23.6 Å². The number of nitrogens with zero attached hydrogens (tertiary/aromatic N) is 2. The molecule has 1 atom stereocenters. The molecule has 0 saturated heterocycles. The van der Waals surface area contributed by atoms with E-state index in [0.717, 1.165) is 102 Å². The van der Waals surface area contributed by atoms with Gasteiger partial charge in [0, 0.05) is 34.0 Å². The first kappa shape index (κ1) is 29.2.